The highest BCUT2D eigenvalue weighted by Gasteiger charge is 2.24. The number of allylic oxidation sites excluding steroid dienone is 1. The van der Waals surface area contributed by atoms with Crippen LogP contribution >= 0.6 is 11.6 Å². The molecule has 124 valence electrons. The normalized spacial score (nSPS) is 11.9. The summed E-state index contributed by atoms with van der Waals surface area (Å²) >= 11 is 5.77. The first-order chi connectivity index (χ1) is 11.2. The van der Waals surface area contributed by atoms with Crippen molar-refractivity contribution in [1.82, 2.24) is 4.98 Å². The van der Waals surface area contributed by atoms with Crippen LogP contribution in [0.5, 0.6) is 0 Å². The molecule has 0 fully saturated rings. The first kappa shape index (κ1) is 17.8. The molecule has 1 N–H and O–H groups in total. The Morgan fingerprint density at radius 1 is 1.42 bits per heavy atom. The number of carbonyl (C=O) groups excluding carboxylic acids is 1. The molecule has 2 rings (SSSR count). The van der Waals surface area contributed by atoms with Crippen molar-refractivity contribution in [2.24, 2.45) is 0 Å². The van der Waals surface area contributed by atoms with Gasteiger partial charge in [0.25, 0.3) is 0 Å². The number of Topliss-reactive ketones (excluding diaryl/α,β-unsaturated/α-hetero) is 1. The number of nitriles is 1. The van der Waals surface area contributed by atoms with E-state index >= 15 is 0 Å². The maximum absolute atomic E-state index is 12.6. The van der Waals surface area contributed by atoms with Gasteiger partial charge in [0.15, 0.2) is 0 Å². The summed E-state index contributed by atoms with van der Waals surface area (Å²) in [5, 5.41) is 12.6. The predicted octanol–water partition coefficient (Wildman–Crippen LogP) is 4.64. The number of nitrogens with one attached hydrogen (secondary N) is 1. The minimum Gasteiger partial charge on any atom is -0.465 e. The minimum absolute atomic E-state index is 0.0314. The van der Waals surface area contributed by atoms with Gasteiger partial charge in [-0.05, 0) is 25.1 Å². The lowest BCUT2D eigenvalue weighted by Crippen LogP contribution is -2.09. The summed E-state index contributed by atoms with van der Waals surface area (Å²) in [6.45, 7) is 7.70. The Morgan fingerprint density at radius 2 is 2.12 bits per heavy atom. The molecule has 0 atom stereocenters. The fourth-order valence-corrected chi connectivity index (χ4v) is 2.09. The van der Waals surface area contributed by atoms with Crippen molar-refractivity contribution in [3.63, 3.8) is 0 Å². The van der Waals surface area contributed by atoms with Crippen LogP contribution in [0.15, 0.2) is 40.6 Å². The third-order valence-electron chi connectivity index (χ3n) is 3.36. The zero-order valence-corrected chi connectivity index (χ0v) is 14.7. The molecule has 0 aliphatic rings. The highest BCUT2D eigenvalue weighted by molar-refractivity contribution is 6.30. The van der Waals surface area contributed by atoms with Gasteiger partial charge in [0, 0.05) is 17.8 Å². The average Bonchev–Trinajstić information content (AvgIpc) is 2.91. The highest BCUT2D eigenvalue weighted by atomic mass is 35.5. The molecule has 0 bridgehead atoms. The molecule has 5 nitrogen and oxygen atoms in total. The van der Waals surface area contributed by atoms with Crippen molar-refractivity contribution in [2.75, 3.05) is 5.32 Å². The number of furan rings is 1. The number of nitrogens with zero attached hydrogens (tertiary/aromatic N) is 2. The quantitative estimate of drug-likeness (QED) is 0.497. The minimum atomic E-state index is -0.393. The Labute approximate surface area is 146 Å². The molecular weight excluding hydrogens is 326 g/mol. The van der Waals surface area contributed by atoms with Crippen molar-refractivity contribution in [2.45, 2.75) is 33.1 Å². The van der Waals surface area contributed by atoms with Gasteiger partial charge in [0.2, 0.25) is 5.78 Å². The van der Waals surface area contributed by atoms with Crippen LogP contribution in [-0.2, 0) is 5.41 Å². The molecule has 0 saturated carbocycles. The number of rotatable bonds is 4. The van der Waals surface area contributed by atoms with Gasteiger partial charge in [0.1, 0.15) is 29.0 Å². The number of hydrogen-bond donors (Lipinski definition) is 1. The molecule has 2 aromatic rings. The van der Waals surface area contributed by atoms with Crippen LogP contribution in [0.25, 0.3) is 0 Å². The number of pyridine rings is 1. The van der Waals surface area contributed by atoms with Crippen LogP contribution in [0.4, 0.5) is 5.82 Å². The third-order valence-corrected chi connectivity index (χ3v) is 3.58. The van der Waals surface area contributed by atoms with E-state index in [1.54, 1.807) is 25.1 Å². The molecule has 0 aliphatic heterocycles. The van der Waals surface area contributed by atoms with Crippen molar-refractivity contribution < 1.29 is 9.21 Å². The van der Waals surface area contributed by atoms with Gasteiger partial charge in [-0.3, -0.25) is 4.79 Å². The molecular formula is C18H18ClN3O2. The second kappa shape index (κ2) is 6.90. The van der Waals surface area contributed by atoms with Crippen molar-refractivity contribution in [1.29, 1.82) is 5.26 Å². The first-order valence-corrected chi connectivity index (χ1v) is 7.74. The van der Waals surface area contributed by atoms with E-state index in [1.807, 2.05) is 26.8 Å². The number of ketones is 1. The average molecular weight is 344 g/mol. The monoisotopic (exact) mass is 343 g/mol. The lowest BCUT2D eigenvalue weighted by atomic mass is 9.92. The van der Waals surface area contributed by atoms with Gasteiger partial charge < -0.3 is 9.73 Å². The fraction of sp³-hybridized carbons (Fsp3) is 0.278. The van der Waals surface area contributed by atoms with E-state index in [9.17, 15) is 10.1 Å². The van der Waals surface area contributed by atoms with Gasteiger partial charge in [-0.2, -0.15) is 5.26 Å². The van der Waals surface area contributed by atoms with Gasteiger partial charge in [0.05, 0.1) is 10.6 Å². The number of aryl methyl sites for hydroxylation is 1. The summed E-state index contributed by atoms with van der Waals surface area (Å²) in [4.78, 5) is 16.6. The van der Waals surface area contributed by atoms with E-state index in [4.69, 9.17) is 16.0 Å². The van der Waals surface area contributed by atoms with Crippen LogP contribution in [0.3, 0.4) is 0 Å². The van der Waals surface area contributed by atoms with Crippen LogP contribution in [0.2, 0.25) is 5.02 Å². The predicted molar refractivity (Wildman–Crippen MR) is 93.0 cm³/mol. The standard InChI is InChI=1S/C18H18ClN3O2/c1-11-14(7-15(24-11)18(2,3)4)17(23)12(8-20)9-21-16-6-5-13(19)10-22-16/h5-7,9-10H,1-4H3,(H,21,22)/b12-9+. The van der Waals surface area contributed by atoms with Crippen LogP contribution in [-0.4, -0.2) is 10.8 Å². The van der Waals surface area contributed by atoms with Crippen LogP contribution < -0.4 is 5.32 Å². The smallest absolute Gasteiger partial charge is 0.208 e. The molecule has 0 amide bonds. The fourth-order valence-electron chi connectivity index (χ4n) is 1.98. The maximum atomic E-state index is 12.6. The summed E-state index contributed by atoms with van der Waals surface area (Å²) in [6.07, 6.45) is 2.81. The third kappa shape index (κ3) is 4.03. The van der Waals surface area contributed by atoms with E-state index in [1.165, 1.54) is 12.4 Å². The summed E-state index contributed by atoms with van der Waals surface area (Å²) in [5.74, 6) is 1.29. The van der Waals surface area contributed by atoms with Gasteiger partial charge in [-0.1, -0.05) is 32.4 Å². The summed E-state index contributed by atoms with van der Waals surface area (Å²) < 4.78 is 5.67. The number of aromatic nitrogens is 1. The summed E-state index contributed by atoms with van der Waals surface area (Å²) in [7, 11) is 0. The molecule has 0 spiro atoms. The Hall–Kier alpha value is -2.58. The summed E-state index contributed by atoms with van der Waals surface area (Å²) in [6, 6.07) is 6.92. The van der Waals surface area contributed by atoms with E-state index in [0.717, 1.165) is 0 Å². The van der Waals surface area contributed by atoms with Crippen molar-refractivity contribution >= 4 is 23.2 Å². The SMILES string of the molecule is Cc1oc(C(C)(C)C)cc1C(=O)/C(C#N)=C/Nc1ccc(Cl)cn1. The van der Waals surface area contributed by atoms with Gasteiger partial charge in [-0.15, -0.1) is 0 Å². The number of anilines is 1. The molecule has 6 heteroatoms. The molecule has 2 aromatic heterocycles. The first-order valence-electron chi connectivity index (χ1n) is 7.36. The zero-order valence-electron chi connectivity index (χ0n) is 14.0. The van der Waals surface area contributed by atoms with E-state index in [0.29, 0.717) is 27.9 Å². The topological polar surface area (TPSA) is 78.9 Å². The number of carbonyl (C=O) groups is 1. The second-order valence-electron chi connectivity index (χ2n) is 6.34. The zero-order chi connectivity index (χ0) is 17.9. The number of hydrogen-bond acceptors (Lipinski definition) is 5. The van der Waals surface area contributed by atoms with Crippen molar-refractivity contribution in [3.05, 3.63) is 58.3 Å². The molecule has 0 aliphatic carbocycles. The Balaban J connectivity index is 2.26. The number of halogens is 1. The van der Waals surface area contributed by atoms with E-state index in [2.05, 4.69) is 10.3 Å². The molecule has 24 heavy (non-hydrogen) atoms. The van der Waals surface area contributed by atoms with Gasteiger partial charge in [-0.25, -0.2) is 4.98 Å². The van der Waals surface area contributed by atoms with Crippen molar-refractivity contribution in [3.8, 4) is 6.07 Å². The largest absolute Gasteiger partial charge is 0.465 e. The Morgan fingerprint density at radius 3 is 2.62 bits per heavy atom. The molecule has 2 heterocycles. The molecule has 0 saturated heterocycles. The highest BCUT2D eigenvalue weighted by Crippen LogP contribution is 2.28. The van der Waals surface area contributed by atoms with Gasteiger partial charge >= 0.3 is 0 Å². The van der Waals surface area contributed by atoms with Crippen LogP contribution in [0.1, 0.15) is 42.6 Å². The summed E-state index contributed by atoms with van der Waals surface area (Å²) in [5.41, 5.74) is 0.139. The van der Waals surface area contributed by atoms with Crippen LogP contribution in [0, 0.1) is 18.3 Å². The molecule has 0 radical (unpaired) electrons. The van der Waals surface area contributed by atoms with E-state index in [-0.39, 0.29) is 11.0 Å². The lowest BCUT2D eigenvalue weighted by molar-refractivity contribution is 0.103. The lowest BCUT2D eigenvalue weighted by Gasteiger charge is -2.13. The molecule has 0 aromatic carbocycles. The maximum Gasteiger partial charge on any atom is 0.208 e. The molecule has 0 unspecified atom stereocenters. The Bertz CT molecular complexity index is 821. The van der Waals surface area contributed by atoms with E-state index < -0.39 is 5.78 Å². The Kier molecular flexibility index (Phi) is 5.10. The second-order valence-corrected chi connectivity index (χ2v) is 6.77.